The number of aromatic amines is 2. The Balaban J connectivity index is 2.57. The van der Waals surface area contributed by atoms with Gasteiger partial charge in [-0.2, -0.15) is 5.10 Å². The Labute approximate surface area is 102 Å². The van der Waals surface area contributed by atoms with E-state index in [9.17, 15) is 4.79 Å². The molecule has 1 aromatic carbocycles. The van der Waals surface area contributed by atoms with Crippen LogP contribution in [0.2, 0.25) is 0 Å². The monoisotopic (exact) mass is 249 g/mol. The number of nitrogens with one attached hydrogen (secondary N) is 2. The van der Waals surface area contributed by atoms with E-state index in [1.54, 1.807) is 19.2 Å². The van der Waals surface area contributed by atoms with Crippen LogP contribution in [-0.4, -0.2) is 22.3 Å². The molecule has 0 fully saturated rings. The molecule has 0 aliphatic heterocycles. The molecule has 0 spiro atoms. The smallest absolute Gasteiger partial charge is 0.278 e. The quantitative estimate of drug-likeness (QED) is 0.796. The van der Waals surface area contributed by atoms with Gasteiger partial charge in [0.25, 0.3) is 5.56 Å². The van der Waals surface area contributed by atoms with Gasteiger partial charge in [0.05, 0.1) is 7.11 Å². The van der Waals surface area contributed by atoms with Crippen molar-refractivity contribution in [2.75, 3.05) is 7.11 Å². The van der Waals surface area contributed by atoms with Crippen LogP contribution in [0.4, 0.5) is 0 Å². The molecule has 1 aromatic heterocycles. The molecule has 5 nitrogen and oxygen atoms in total. The molecule has 2 rings (SSSR count). The zero-order valence-electron chi connectivity index (χ0n) is 9.40. The molecule has 17 heavy (non-hydrogen) atoms. The van der Waals surface area contributed by atoms with Crippen molar-refractivity contribution in [1.82, 2.24) is 15.2 Å². The summed E-state index contributed by atoms with van der Waals surface area (Å²) in [4.78, 5) is 14.2. The van der Waals surface area contributed by atoms with Gasteiger partial charge >= 0.3 is 0 Å². The Kier molecular flexibility index (Phi) is 3.06. The van der Waals surface area contributed by atoms with E-state index in [2.05, 4.69) is 15.2 Å². The first-order valence-corrected chi connectivity index (χ1v) is 5.36. The first kappa shape index (κ1) is 11.5. The van der Waals surface area contributed by atoms with Crippen LogP contribution in [0.1, 0.15) is 5.56 Å². The van der Waals surface area contributed by atoms with Gasteiger partial charge in [-0.05, 0) is 42.9 Å². The molecule has 2 N–H and O–H groups in total. The molecule has 0 aliphatic carbocycles. The summed E-state index contributed by atoms with van der Waals surface area (Å²) < 4.78 is 5.37. The molecule has 0 unspecified atom stereocenters. The molecule has 0 radical (unpaired) electrons. The average Bonchev–Trinajstić information content (AvgIpc) is 2.29. The van der Waals surface area contributed by atoms with E-state index in [0.29, 0.717) is 5.69 Å². The molecule has 0 saturated carbocycles. The van der Waals surface area contributed by atoms with E-state index in [1.807, 2.05) is 13.0 Å². The van der Waals surface area contributed by atoms with E-state index in [0.717, 1.165) is 16.9 Å². The SMILES string of the molecule is COc1ccc(-c2n[nH]c(=S)[nH]c2=O)cc1C. The van der Waals surface area contributed by atoms with Gasteiger partial charge < -0.3 is 4.74 Å². The van der Waals surface area contributed by atoms with Crippen LogP contribution < -0.4 is 10.3 Å². The van der Waals surface area contributed by atoms with Gasteiger partial charge in [-0.15, -0.1) is 0 Å². The van der Waals surface area contributed by atoms with Gasteiger partial charge in [0.1, 0.15) is 5.75 Å². The number of methoxy groups -OCH3 is 1. The lowest BCUT2D eigenvalue weighted by Gasteiger charge is -2.06. The fourth-order valence-corrected chi connectivity index (χ4v) is 1.71. The molecule has 0 saturated heterocycles. The Bertz CT molecular complexity index is 660. The highest BCUT2D eigenvalue weighted by atomic mass is 32.1. The zero-order valence-corrected chi connectivity index (χ0v) is 10.2. The molecule has 0 aliphatic rings. The van der Waals surface area contributed by atoms with Crippen molar-refractivity contribution in [1.29, 1.82) is 0 Å². The van der Waals surface area contributed by atoms with Gasteiger partial charge in [0.2, 0.25) is 0 Å². The normalized spacial score (nSPS) is 10.2. The molecular formula is C11H11N3O2S. The molecule has 6 heteroatoms. The van der Waals surface area contributed by atoms with E-state index in [1.165, 1.54) is 0 Å². The lowest BCUT2D eigenvalue weighted by Crippen LogP contribution is -2.12. The minimum atomic E-state index is -0.307. The Morgan fingerprint density at radius 1 is 1.41 bits per heavy atom. The van der Waals surface area contributed by atoms with Gasteiger partial charge in [0.15, 0.2) is 10.5 Å². The highest BCUT2D eigenvalue weighted by Gasteiger charge is 2.07. The van der Waals surface area contributed by atoms with Crippen LogP contribution in [0.5, 0.6) is 5.75 Å². The highest BCUT2D eigenvalue weighted by Crippen LogP contribution is 2.22. The first-order chi connectivity index (χ1) is 8.11. The topological polar surface area (TPSA) is 70.8 Å². The molecule has 0 amide bonds. The van der Waals surface area contributed by atoms with Crippen LogP contribution in [0.3, 0.4) is 0 Å². The second-order valence-electron chi connectivity index (χ2n) is 3.54. The summed E-state index contributed by atoms with van der Waals surface area (Å²) in [5.41, 5.74) is 1.66. The average molecular weight is 249 g/mol. The third-order valence-corrected chi connectivity index (χ3v) is 2.57. The van der Waals surface area contributed by atoms with Crippen LogP contribution >= 0.6 is 12.2 Å². The molecule has 2 aromatic rings. The van der Waals surface area contributed by atoms with Crippen molar-refractivity contribution in [3.8, 4) is 17.0 Å². The summed E-state index contributed by atoms with van der Waals surface area (Å²) in [7, 11) is 1.60. The van der Waals surface area contributed by atoms with Crippen molar-refractivity contribution >= 4 is 12.2 Å². The standard InChI is InChI=1S/C11H11N3O2S/c1-6-5-7(3-4-8(6)16-2)9-10(15)12-11(17)14-13-9/h3-5H,1-2H3,(H2,12,14,15,17). The van der Waals surface area contributed by atoms with E-state index in [4.69, 9.17) is 17.0 Å². The van der Waals surface area contributed by atoms with Gasteiger partial charge in [-0.25, -0.2) is 0 Å². The minimum absolute atomic E-state index is 0.212. The molecule has 88 valence electrons. The fraction of sp³-hybridized carbons (Fsp3) is 0.182. The number of nitrogens with zero attached hydrogens (tertiary/aromatic N) is 1. The molecule has 0 atom stereocenters. The third kappa shape index (κ3) is 2.26. The maximum atomic E-state index is 11.7. The second kappa shape index (κ2) is 4.50. The molecule has 0 bridgehead atoms. The highest BCUT2D eigenvalue weighted by molar-refractivity contribution is 7.71. The Morgan fingerprint density at radius 3 is 2.76 bits per heavy atom. The summed E-state index contributed by atoms with van der Waals surface area (Å²) in [5.74, 6) is 0.772. The van der Waals surface area contributed by atoms with Crippen molar-refractivity contribution in [2.24, 2.45) is 0 Å². The summed E-state index contributed by atoms with van der Waals surface area (Å²) in [6.07, 6.45) is 0. The van der Waals surface area contributed by atoms with Crippen molar-refractivity contribution in [3.63, 3.8) is 0 Å². The number of aromatic nitrogens is 3. The first-order valence-electron chi connectivity index (χ1n) is 4.96. The predicted octanol–water partition coefficient (Wildman–Crippen LogP) is 1.81. The van der Waals surface area contributed by atoms with Gasteiger partial charge in [-0.3, -0.25) is 14.9 Å². The number of hydrogen-bond acceptors (Lipinski definition) is 4. The van der Waals surface area contributed by atoms with Crippen molar-refractivity contribution in [2.45, 2.75) is 6.92 Å². The van der Waals surface area contributed by atoms with Crippen LogP contribution in [0.25, 0.3) is 11.3 Å². The number of aryl methyl sites for hydroxylation is 1. The van der Waals surface area contributed by atoms with Crippen LogP contribution in [-0.2, 0) is 0 Å². The lowest BCUT2D eigenvalue weighted by molar-refractivity contribution is 0.412. The largest absolute Gasteiger partial charge is 0.496 e. The lowest BCUT2D eigenvalue weighted by atomic mass is 10.1. The maximum Gasteiger partial charge on any atom is 0.278 e. The van der Waals surface area contributed by atoms with Crippen molar-refractivity contribution in [3.05, 3.63) is 38.9 Å². The summed E-state index contributed by atoms with van der Waals surface area (Å²) >= 11 is 4.78. The minimum Gasteiger partial charge on any atom is -0.496 e. The summed E-state index contributed by atoms with van der Waals surface area (Å²) in [6.45, 7) is 1.90. The number of benzene rings is 1. The van der Waals surface area contributed by atoms with E-state index < -0.39 is 0 Å². The number of ether oxygens (including phenoxy) is 1. The number of rotatable bonds is 2. The van der Waals surface area contributed by atoms with E-state index >= 15 is 0 Å². The zero-order chi connectivity index (χ0) is 12.4. The Morgan fingerprint density at radius 2 is 2.18 bits per heavy atom. The molecule has 1 heterocycles. The molecular weight excluding hydrogens is 238 g/mol. The summed E-state index contributed by atoms with van der Waals surface area (Å²) in [5, 5.41) is 6.50. The van der Waals surface area contributed by atoms with Crippen molar-refractivity contribution < 1.29 is 4.74 Å². The maximum absolute atomic E-state index is 11.7. The van der Waals surface area contributed by atoms with Gasteiger partial charge in [0, 0.05) is 5.56 Å². The van der Waals surface area contributed by atoms with Crippen LogP contribution in [0.15, 0.2) is 23.0 Å². The third-order valence-electron chi connectivity index (χ3n) is 2.38. The fourth-order valence-electron chi connectivity index (χ4n) is 1.57. The van der Waals surface area contributed by atoms with Crippen LogP contribution in [0, 0.1) is 11.7 Å². The summed E-state index contributed by atoms with van der Waals surface area (Å²) in [6, 6.07) is 5.42. The predicted molar refractivity (Wildman–Crippen MR) is 66.8 cm³/mol. The number of hydrogen-bond donors (Lipinski definition) is 2. The second-order valence-corrected chi connectivity index (χ2v) is 3.95. The number of H-pyrrole nitrogens is 2. The van der Waals surface area contributed by atoms with Gasteiger partial charge in [-0.1, -0.05) is 0 Å². The Hall–Kier alpha value is -1.95. The van der Waals surface area contributed by atoms with E-state index in [-0.39, 0.29) is 10.3 Å².